The first-order valence-electron chi connectivity index (χ1n) is 6.67. The highest BCUT2D eigenvalue weighted by atomic mass is 35.5. The highest BCUT2D eigenvalue weighted by molar-refractivity contribution is 7.13. The number of thiazole rings is 1. The van der Waals surface area contributed by atoms with Crippen molar-refractivity contribution < 1.29 is 9.13 Å². The van der Waals surface area contributed by atoms with Crippen LogP contribution in [0.3, 0.4) is 0 Å². The zero-order chi connectivity index (χ0) is 13.9. The summed E-state index contributed by atoms with van der Waals surface area (Å²) >= 11 is 7.28. The van der Waals surface area contributed by atoms with Gasteiger partial charge in [-0.3, -0.25) is 0 Å². The number of rotatable bonds is 5. The van der Waals surface area contributed by atoms with Crippen LogP contribution < -0.4 is 0 Å². The first-order valence-corrected chi connectivity index (χ1v) is 8.08. The summed E-state index contributed by atoms with van der Waals surface area (Å²) in [7, 11) is 0. The molecule has 1 aromatic heterocycles. The Morgan fingerprint density at radius 3 is 2.90 bits per heavy atom. The average molecular weight is 312 g/mol. The quantitative estimate of drug-likeness (QED) is 0.743. The van der Waals surface area contributed by atoms with Gasteiger partial charge in [-0.1, -0.05) is 0 Å². The van der Waals surface area contributed by atoms with Gasteiger partial charge < -0.3 is 4.74 Å². The SMILES string of the molecule is Fc1ccc(-c2nc(CCl)cs2)cc1COC1CCC1. The molecule has 5 heteroatoms. The van der Waals surface area contributed by atoms with Crippen LogP contribution in [0.5, 0.6) is 0 Å². The summed E-state index contributed by atoms with van der Waals surface area (Å²) in [6.07, 6.45) is 3.70. The third-order valence-electron chi connectivity index (χ3n) is 3.51. The molecule has 0 saturated heterocycles. The molecule has 1 aromatic carbocycles. The smallest absolute Gasteiger partial charge is 0.128 e. The Morgan fingerprint density at radius 2 is 2.25 bits per heavy atom. The number of aromatic nitrogens is 1. The molecule has 0 unspecified atom stereocenters. The zero-order valence-electron chi connectivity index (χ0n) is 10.9. The number of ether oxygens (including phenoxy) is 1. The Labute approximate surface area is 126 Å². The molecule has 0 radical (unpaired) electrons. The number of hydrogen-bond acceptors (Lipinski definition) is 3. The Morgan fingerprint density at radius 1 is 1.40 bits per heavy atom. The molecule has 0 spiro atoms. The second kappa shape index (κ2) is 6.20. The molecule has 0 atom stereocenters. The van der Waals surface area contributed by atoms with Crippen molar-refractivity contribution in [2.45, 2.75) is 37.9 Å². The van der Waals surface area contributed by atoms with E-state index >= 15 is 0 Å². The van der Waals surface area contributed by atoms with Crippen LogP contribution >= 0.6 is 22.9 Å². The van der Waals surface area contributed by atoms with Gasteiger partial charge in [-0.2, -0.15) is 0 Å². The molecule has 20 heavy (non-hydrogen) atoms. The van der Waals surface area contributed by atoms with Gasteiger partial charge in [-0.05, 0) is 37.5 Å². The summed E-state index contributed by atoms with van der Waals surface area (Å²) in [6.45, 7) is 0.331. The molecule has 2 nitrogen and oxygen atoms in total. The molecule has 1 aliphatic rings. The maximum absolute atomic E-state index is 13.8. The Hall–Kier alpha value is -0.970. The van der Waals surface area contributed by atoms with E-state index < -0.39 is 0 Å². The van der Waals surface area contributed by atoms with Crippen LogP contribution in [-0.4, -0.2) is 11.1 Å². The van der Waals surface area contributed by atoms with E-state index in [0.29, 0.717) is 24.2 Å². The van der Waals surface area contributed by atoms with Crippen molar-refractivity contribution in [1.82, 2.24) is 4.98 Å². The van der Waals surface area contributed by atoms with Crippen LogP contribution in [0.2, 0.25) is 0 Å². The van der Waals surface area contributed by atoms with Crippen LogP contribution in [0.15, 0.2) is 23.6 Å². The van der Waals surface area contributed by atoms with Crippen molar-refractivity contribution in [2.75, 3.05) is 0 Å². The van der Waals surface area contributed by atoms with Crippen molar-refractivity contribution in [1.29, 1.82) is 0 Å². The fourth-order valence-electron chi connectivity index (χ4n) is 2.06. The van der Waals surface area contributed by atoms with Crippen molar-refractivity contribution in [3.05, 3.63) is 40.7 Å². The normalized spacial score (nSPS) is 15.3. The summed E-state index contributed by atoms with van der Waals surface area (Å²) < 4.78 is 19.5. The lowest BCUT2D eigenvalue weighted by molar-refractivity contribution is -0.00974. The van der Waals surface area contributed by atoms with E-state index in [9.17, 15) is 4.39 Å². The zero-order valence-corrected chi connectivity index (χ0v) is 12.5. The predicted octanol–water partition coefficient (Wildman–Crippen LogP) is 4.76. The van der Waals surface area contributed by atoms with Gasteiger partial charge in [0, 0.05) is 16.5 Å². The molecule has 1 aliphatic carbocycles. The van der Waals surface area contributed by atoms with E-state index in [0.717, 1.165) is 29.1 Å². The Bertz CT molecular complexity index is 597. The highest BCUT2D eigenvalue weighted by Gasteiger charge is 2.18. The third-order valence-corrected chi connectivity index (χ3v) is 4.72. The van der Waals surface area contributed by atoms with Crippen LogP contribution in [0, 0.1) is 5.82 Å². The number of halogens is 2. The molecule has 106 valence electrons. The maximum atomic E-state index is 13.8. The minimum atomic E-state index is -0.220. The van der Waals surface area contributed by atoms with Crippen molar-refractivity contribution in [2.24, 2.45) is 0 Å². The van der Waals surface area contributed by atoms with Gasteiger partial charge in [0.25, 0.3) is 0 Å². The lowest BCUT2D eigenvalue weighted by Crippen LogP contribution is -2.21. The molecule has 0 aliphatic heterocycles. The summed E-state index contributed by atoms with van der Waals surface area (Å²) in [5.41, 5.74) is 2.36. The van der Waals surface area contributed by atoms with Crippen LogP contribution in [-0.2, 0) is 17.2 Å². The van der Waals surface area contributed by atoms with E-state index in [1.807, 2.05) is 11.4 Å². The Balaban J connectivity index is 1.77. The second-order valence-electron chi connectivity index (χ2n) is 4.95. The first kappa shape index (κ1) is 14.0. The molecule has 1 fully saturated rings. The van der Waals surface area contributed by atoms with E-state index in [1.54, 1.807) is 6.07 Å². The molecule has 0 N–H and O–H groups in total. The van der Waals surface area contributed by atoms with Crippen LogP contribution in [0.4, 0.5) is 4.39 Å². The number of hydrogen-bond donors (Lipinski definition) is 0. The van der Waals surface area contributed by atoms with Crippen LogP contribution in [0.1, 0.15) is 30.5 Å². The van der Waals surface area contributed by atoms with Crippen molar-refractivity contribution in [3.63, 3.8) is 0 Å². The number of benzene rings is 1. The minimum absolute atomic E-state index is 0.220. The molecular weight excluding hydrogens is 297 g/mol. The summed E-state index contributed by atoms with van der Waals surface area (Å²) in [5, 5.41) is 2.79. The maximum Gasteiger partial charge on any atom is 0.128 e. The van der Waals surface area contributed by atoms with E-state index in [2.05, 4.69) is 4.98 Å². The largest absolute Gasteiger partial charge is 0.373 e. The highest BCUT2D eigenvalue weighted by Crippen LogP contribution is 2.28. The summed E-state index contributed by atoms with van der Waals surface area (Å²) in [6, 6.07) is 5.06. The van der Waals surface area contributed by atoms with Gasteiger partial charge in [0.15, 0.2) is 0 Å². The average Bonchev–Trinajstić information content (AvgIpc) is 2.88. The van der Waals surface area contributed by atoms with Gasteiger partial charge in [0.05, 0.1) is 24.3 Å². The number of alkyl halides is 1. The molecular formula is C15H15ClFNOS. The van der Waals surface area contributed by atoms with E-state index in [1.165, 1.54) is 23.8 Å². The van der Waals surface area contributed by atoms with Crippen LogP contribution in [0.25, 0.3) is 10.6 Å². The third kappa shape index (κ3) is 3.03. The molecule has 1 heterocycles. The van der Waals surface area contributed by atoms with Gasteiger partial charge in [-0.25, -0.2) is 9.37 Å². The fraction of sp³-hybridized carbons (Fsp3) is 0.400. The van der Waals surface area contributed by atoms with E-state index in [-0.39, 0.29) is 5.82 Å². The summed E-state index contributed by atoms with van der Waals surface area (Å²) in [5.74, 6) is 0.178. The molecule has 1 saturated carbocycles. The predicted molar refractivity (Wildman–Crippen MR) is 79.5 cm³/mol. The van der Waals surface area contributed by atoms with Gasteiger partial charge in [-0.15, -0.1) is 22.9 Å². The van der Waals surface area contributed by atoms with Gasteiger partial charge >= 0.3 is 0 Å². The van der Waals surface area contributed by atoms with Crippen molar-refractivity contribution in [3.8, 4) is 10.6 Å². The standard InChI is InChI=1S/C15H15ClFNOS/c16-7-12-9-20-15(18-12)10-4-5-14(17)11(6-10)8-19-13-2-1-3-13/h4-6,9,13H,1-3,7-8H2. The first-order chi connectivity index (χ1) is 9.76. The van der Waals surface area contributed by atoms with E-state index in [4.69, 9.17) is 16.3 Å². The number of nitrogens with zero attached hydrogens (tertiary/aromatic N) is 1. The molecule has 0 amide bonds. The fourth-order valence-corrected chi connectivity index (χ4v) is 3.11. The Kier molecular flexibility index (Phi) is 4.34. The topological polar surface area (TPSA) is 22.1 Å². The minimum Gasteiger partial charge on any atom is -0.373 e. The molecule has 2 aromatic rings. The molecule has 0 bridgehead atoms. The monoisotopic (exact) mass is 311 g/mol. The summed E-state index contributed by atoms with van der Waals surface area (Å²) in [4.78, 5) is 4.42. The van der Waals surface area contributed by atoms with Gasteiger partial charge in [0.1, 0.15) is 10.8 Å². The van der Waals surface area contributed by atoms with Gasteiger partial charge in [0.2, 0.25) is 0 Å². The lowest BCUT2D eigenvalue weighted by atomic mass is 9.96. The second-order valence-corrected chi connectivity index (χ2v) is 6.07. The van der Waals surface area contributed by atoms with Crippen molar-refractivity contribution >= 4 is 22.9 Å². The molecule has 3 rings (SSSR count). The lowest BCUT2D eigenvalue weighted by Gasteiger charge is -2.25.